The predicted molar refractivity (Wildman–Crippen MR) is 112 cm³/mol. The van der Waals surface area contributed by atoms with Crippen LogP contribution in [-0.2, 0) is 30.3 Å². The number of benzene rings is 1. The van der Waals surface area contributed by atoms with Crippen molar-refractivity contribution in [2.24, 2.45) is 5.41 Å². The molecule has 166 valence electrons. The molecule has 1 unspecified atom stereocenters. The van der Waals surface area contributed by atoms with Crippen LogP contribution in [0.5, 0.6) is 0 Å². The fourth-order valence-electron chi connectivity index (χ4n) is 5.46. The van der Waals surface area contributed by atoms with Gasteiger partial charge in [0.15, 0.2) is 5.41 Å². The molecule has 4 aliphatic rings. The molecule has 0 saturated carbocycles. The van der Waals surface area contributed by atoms with Gasteiger partial charge in [-0.05, 0) is 24.5 Å². The molecular weight excluding hydrogens is 398 g/mol. The number of hydrogen-bond acceptors (Lipinski definition) is 7. The summed E-state index contributed by atoms with van der Waals surface area (Å²) in [6.07, 6.45) is 2.34. The molecule has 8 heteroatoms. The van der Waals surface area contributed by atoms with E-state index in [2.05, 4.69) is 9.80 Å². The first kappa shape index (κ1) is 20.3. The van der Waals surface area contributed by atoms with Gasteiger partial charge in [0.2, 0.25) is 5.91 Å². The molecule has 5 rings (SSSR count). The zero-order chi connectivity index (χ0) is 21.8. The van der Waals surface area contributed by atoms with Crippen molar-refractivity contribution >= 4 is 23.5 Å². The Morgan fingerprint density at radius 3 is 2.42 bits per heavy atom. The van der Waals surface area contributed by atoms with E-state index in [1.54, 1.807) is 13.8 Å². The van der Waals surface area contributed by atoms with Gasteiger partial charge in [-0.2, -0.15) is 0 Å². The minimum atomic E-state index is -1.43. The first-order chi connectivity index (χ1) is 14.8. The molecule has 1 aromatic carbocycles. The largest absolute Gasteiger partial charge is 0.422 e. The number of nitrogens with zero attached hydrogens (tertiary/aromatic N) is 3. The summed E-state index contributed by atoms with van der Waals surface area (Å²) in [5, 5.41) is 0. The second-order valence-electron chi connectivity index (χ2n) is 9.49. The maximum Gasteiger partial charge on any atom is 0.329 e. The van der Waals surface area contributed by atoms with E-state index in [1.165, 1.54) is 0 Å². The normalized spacial score (nSPS) is 26.8. The van der Waals surface area contributed by atoms with Gasteiger partial charge in [0.05, 0.1) is 12.6 Å². The van der Waals surface area contributed by atoms with Crippen molar-refractivity contribution in [2.75, 3.05) is 44.2 Å². The van der Waals surface area contributed by atoms with E-state index in [4.69, 9.17) is 9.47 Å². The third-order valence-electron chi connectivity index (χ3n) is 7.03. The van der Waals surface area contributed by atoms with Crippen LogP contribution in [0.25, 0.3) is 0 Å². The Balaban J connectivity index is 1.47. The van der Waals surface area contributed by atoms with E-state index in [0.29, 0.717) is 26.2 Å². The van der Waals surface area contributed by atoms with Crippen molar-refractivity contribution in [1.82, 2.24) is 9.80 Å². The van der Waals surface area contributed by atoms with Gasteiger partial charge in [-0.25, -0.2) is 0 Å². The number of ether oxygens (including phenoxy) is 2. The number of rotatable bonds is 2. The summed E-state index contributed by atoms with van der Waals surface area (Å²) >= 11 is 0. The molecule has 1 spiro atoms. The number of esters is 2. The summed E-state index contributed by atoms with van der Waals surface area (Å²) in [6, 6.07) is 7.43. The van der Waals surface area contributed by atoms with Gasteiger partial charge in [0, 0.05) is 58.7 Å². The number of likely N-dealkylation sites (tertiary alicyclic amines) is 1. The number of amides is 1. The average Bonchev–Trinajstić information content (AvgIpc) is 3.26. The summed E-state index contributed by atoms with van der Waals surface area (Å²) in [4.78, 5) is 45.6. The lowest BCUT2D eigenvalue weighted by Gasteiger charge is -2.54. The Kier molecular flexibility index (Phi) is 4.73. The second kappa shape index (κ2) is 7.22. The zero-order valence-electron chi connectivity index (χ0n) is 18.1. The lowest BCUT2D eigenvalue weighted by atomic mass is 9.69. The maximum absolute atomic E-state index is 13.4. The van der Waals surface area contributed by atoms with Crippen LogP contribution >= 0.6 is 0 Å². The minimum absolute atomic E-state index is 0.117. The Hall–Kier alpha value is -2.61. The molecule has 0 aliphatic carbocycles. The van der Waals surface area contributed by atoms with E-state index in [-0.39, 0.29) is 12.3 Å². The second-order valence-corrected chi connectivity index (χ2v) is 9.49. The molecule has 1 amide bonds. The molecule has 4 aliphatic heterocycles. The molecule has 1 atom stereocenters. The van der Waals surface area contributed by atoms with E-state index in [1.807, 2.05) is 29.2 Å². The first-order valence-electron chi connectivity index (χ1n) is 11.1. The number of cyclic esters (lactones) is 2. The van der Waals surface area contributed by atoms with E-state index in [0.717, 1.165) is 37.2 Å². The van der Waals surface area contributed by atoms with Gasteiger partial charge in [-0.15, -0.1) is 0 Å². The molecular formula is C23H29N3O5. The van der Waals surface area contributed by atoms with Crippen LogP contribution in [0.15, 0.2) is 24.3 Å². The van der Waals surface area contributed by atoms with E-state index < -0.39 is 29.2 Å². The maximum atomic E-state index is 13.4. The van der Waals surface area contributed by atoms with E-state index in [9.17, 15) is 14.4 Å². The number of carbonyl (C=O) groups is 3. The standard InChI is InChI=1S/C23H29N3O5/c1-22(2)30-20(28)23(21(29)31-22)13-16-7-3-4-8-17(16)26-12-11-24(14-18(23)26)15-19(27)25-9-5-6-10-25/h3-4,7-8,18H,5-6,9-15H2,1-2H3. The van der Waals surface area contributed by atoms with Gasteiger partial charge < -0.3 is 19.3 Å². The Bertz CT molecular complexity index is 904. The molecule has 3 fully saturated rings. The highest BCUT2D eigenvalue weighted by molar-refractivity contribution is 6.04. The number of anilines is 1. The van der Waals surface area contributed by atoms with Crippen molar-refractivity contribution in [3.8, 4) is 0 Å². The Morgan fingerprint density at radius 2 is 1.71 bits per heavy atom. The number of fused-ring (bicyclic) bond motifs is 4. The van der Waals surface area contributed by atoms with Crippen LogP contribution < -0.4 is 4.90 Å². The molecule has 1 aromatic rings. The van der Waals surface area contributed by atoms with Gasteiger partial charge in [-0.3, -0.25) is 19.3 Å². The summed E-state index contributed by atoms with van der Waals surface area (Å²) < 4.78 is 11.2. The number of hydrogen-bond donors (Lipinski definition) is 0. The van der Waals surface area contributed by atoms with Crippen LogP contribution in [0.3, 0.4) is 0 Å². The van der Waals surface area contributed by atoms with Crippen molar-refractivity contribution in [3.63, 3.8) is 0 Å². The summed E-state index contributed by atoms with van der Waals surface area (Å²) in [7, 11) is 0. The molecule has 4 heterocycles. The number of carbonyl (C=O) groups excluding carboxylic acids is 3. The molecule has 3 saturated heterocycles. The highest BCUT2D eigenvalue weighted by atomic mass is 16.7. The predicted octanol–water partition coefficient (Wildman–Crippen LogP) is 1.18. The zero-order valence-corrected chi connectivity index (χ0v) is 18.1. The monoisotopic (exact) mass is 427 g/mol. The fourth-order valence-corrected chi connectivity index (χ4v) is 5.46. The molecule has 0 bridgehead atoms. The Morgan fingerprint density at radius 1 is 1.03 bits per heavy atom. The summed E-state index contributed by atoms with van der Waals surface area (Å²) in [6.45, 7) is 6.83. The fraction of sp³-hybridized carbons (Fsp3) is 0.609. The first-order valence-corrected chi connectivity index (χ1v) is 11.1. The molecule has 8 nitrogen and oxygen atoms in total. The van der Waals surface area contributed by atoms with Gasteiger partial charge in [-0.1, -0.05) is 18.2 Å². The lowest BCUT2D eigenvalue weighted by molar-refractivity contribution is -0.253. The van der Waals surface area contributed by atoms with Gasteiger partial charge in [0.1, 0.15) is 0 Å². The average molecular weight is 428 g/mol. The van der Waals surface area contributed by atoms with Gasteiger partial charge in [0.25, 0.3) is 5.79 Å². The lowest BCUT2D eigenvalue weighted by Crippen LogP contribution is -2.71. The molecule has 0 aromatic heterocycles. The topological polar surface area (TPSA) is 79.4 Å². The highest BCUT2D eigenvalue weighted by Crippen LogP contribution is 2.47. The third kappa shape index (κ3) is 3.28. The van der Waals surface area contributed by atoms with Gasteiger partial charge >= 0.3 is 11.9 Å². The SMILES string of the molecule is CC1(C)OC(=O)C2(Cc3ccccc3N3CCN(CC(=O)N4CCCC4)CC32)C(=O)O1. The van der Waals surface area contributed by atoms with Crippen molar-refractivity contribution < 1.29 is 23.9 Å². The van der Waals surface area contributed by atoms with Crippen molar-refractivity contribution in [3.05, 3.63) is 29.8 Å². The quantitative estimate of drug-likeness (QED) is 0.518. The van der Waals surface area contributed by atoms with Crippen molar-refractivity contribution in [2.45, 2.75) is 44.9 Å². The number of piperazine rings is 1. The van der Waals surface area contributed by atoms with E-state index >= 15 is 0 Å². The van der Waals surface area contributed by atoms with Crippen LogP contribution in [0.2, 0.25) is 0 Å². The molecule has 31 heavy (non-hydrogen) atoms. The van der Waals surface area contributed by atoms with Crippen LogP contribution in [0, 0.1) is 5.41 Å². The molecule has 0 N–H and O–H groups in total. The third-order valence-corrected chi connectivity index (χ3v) is 7.03. The van der Waals surface area contributed by atoms with Crippen LogP contribution in [0.4, 0.5) is 5.69 Å². The molecule has 0 radical (unpaired) electrons. The summed E-state index contributed by atoms with van der Waals surface area (Å²) in [5.74, 6) is -2.23. The highest BCUT2D eigenvalue weighted by Gasteiger charge is 2.64. The van der Waals surface area contributed by atoms with Crippen LogP contribution in [0.1, 0.15) is 32.3 Å². The minimum Gasteiger partial charge on any atom is -0.422 e. The smallest absolute Gasteiger partial charge is 0.329 e. The van der Waals surface area contributed by atoms with Crippen molar-refractivity contribution in [1.29, 1.82) is 0 Å². The summed E-state index contributed by atoms with van der Waals surface area (Å²) in [5.41, 5.74) is 0.544. The van der Waals surface area contributed by atoms with Crippen LogP contribution in [-0.4, -0.2) is 78.7 Å². The Labute approximate surface area is 182 Å². The number of para-hydroxylation sites is 1.